The molecule has 0 fully saturated rings. The van der Waals surface area contributed by atoms with Gasteiger partial charge in [-0.25, -0.2) is 0 Å². The molecule has 0 aliphatic heterocycles. The highest BCUT2D eigenvalue weighted by Gasteiger charge is 2.13. The highest BCUT2D eigenvalue weighted by molar-refractivity contribution is 8.03. The quantitative estimate of drug-likeness (QED) is 0.840. The molecular weight excluding hydrogens is 318 g/mol. The SMILES string of the molecule is CSc1nnc(Sc2c(Cl)cccc2CC(C)N)s1. The number of hydrogen-bond acceptors (Lipinski definition) is 6. The normalized spacial score (nSPS) is 12.6. The number of halogens is 1. The zero-order valence-corrected chi connectivity index (χ0v) is 13.8. The van der Waals surface area contributed by atoms with Gasteiger partial charge in [-0.1, -0.05) is 58.6 Å². The predicted octanol–water partition coefficient (Wildman–Crippen LogP) is 3.95. The summed E-state index contributed by atoms with van der Waals surface area (Å²) in [5, 5.41) is 9.00. The van der Waals surface area contributed by atoms with Crippen molar-refractivity contribution in [1.82, 2.24) is 10.2 Å². The van der Waals surface area contributed by atoms with Crippen LogP contribution < -0.4 is 5.73 Å². The molecule has 1 aromatic carbocycles. The maximum Gasteiger partial charge on any atom is 0.179 e. The number of aromatic nitrogens is 2. The maximum absolute atomic E-state index is 6.29. The Kier molecular flexibility index (Phi) is 5.53. The molecule has 2 rings (SSSR count). The first kappa shape index (κ1) is 15.1. The Hall–Kier alpha value is -0.270. The fourth-order valence-electron chi connectivity index (χ4n) is 1.58. The van der Waals surface area contributed by atoms with Crippen molar-refractivity contribution in [1.29, 1.82) is 0 Å². The summed E-state index contributed by atoms with van der Waals surface area (Å²) in [5.74, 6) is 0. The fourth-order valence-corrected chi connectivity index (χ4v) is 4.41. The Morgan fingerprint density at radius 2 is 2.11 bits per heavy atom. The number of hydrogen-bond donors (Lipinski definition) is 1. The van der Waals surface area contributed by atoms with E-state index in [-0.39, 0.29) is 6.04 Å². The van der Waals surface area contributed by atoms with Crippen LogP contribution in [-0.4, -0.2) is 22.5 Å². The summed E-state index contributed by atoms with van der Waals surface area (Å²) in [6, 6.07) is 6.02. The van der Waals surface area contributed by atoms with E-state index < -0.39 is 0 Å². The molecule has 0 bridgehead atoms. The first-order valence-electron chi connectivity index (χ1n) is 5.68. The summed E-state index contributed by atoms with van der Waals surface area (Å²) in [6.07, 6.45) is 2.79. The molecule has 19 heavy (non-hydrogen) atoms. The second-order valence-electron chi connectivity index (χ2n) is 4.05. The van der Waals surface area contributed by atoms with E-state index in [0.717, 1.165) is 30.6 Å². The third kappa shape index (κ3) is 4.10. The van der Waals surface area contributed by atoms with Crippen molar-refractivity contribution >= 4 is 46.5 Å². The molecule has 1 unspecified atom stereocenters. The molecule has 1 heterocycles. The third-order valence-electron chi connectivity index (χ3n) is 2.34. The molecule has 2 N–H and O–H groups in total. The lowest BCUT2D eigenvalue weighted by atomic mass is 10.1. The van der Waals surface area contributed by atoms with Gasteiger partial charge in [-0.15, -0.1) is 10.2 Å². The zero-order chi connectivity index (χ0) is 13.8. The number of nitrogens with two attached hydrogens (primary N) is 1. The summed E-state index contributed by atoms with van der Waals surface area (Å²) < 4.78 is 1.87. The van der Waals surface area contributed by atoms with E-state index in [9.17, 15) is 0 Å². The molecule has 1 aromatic heterocycles. The van der Waals surface area contributed by atoms with Crippen molar-refractivity contribution in [2.24, 2.45) is 5.73 Å². The molecule has 0 spiro atoms. The molecule has 7 heteroatoms. The van der Waals surface area contributed by atoms with Gasteiger partial charge in [0.1, 0.15) is 0 Å². The molecule has 0 aliphatic carbocycles. The zero-order valence-electron chi connectivity index (χ0n) is 10.6. The average molecular weight is 332 g/mol. The molecule has 2 aromatic rings. The first-order chi connectivity index (χ1) is 9.10. The number of rotatable bonds is 5. The van der Waals surface area contributed by atoms with Crippen molar-refractivity contribution in [2.75, 3.05) is 6.26 Å². The minimum atomic E-state index is 0.106. The van der Waals surface area contributed by atoms with Crippen molar-refractivity contribution in [3.8, 4) is 0 Å². The molecular formula is C12H14ClN3S3. The van der Waals surface area contributed by atoms with Crippen LogP contribution in [0.4, 0.5) is 0 Å². The van der Waals surface area contributed by atoms with E-state index in [4.69, 9.17) is 17.3 Å². The Morgan fingerprint density at radius 1 is 1.37 bits per heavy atom. The van der Waals surface area contributed by atoms with Crippen molar-refractivity contribution in [3.05, 3.63) is 28.8 Å². The first-order valence-corrected chi connectivity index (χ1v) is 8.92. The highest BCUT2D eigenvalue weighted by Crippen LogP contribution is 2.38. The van der Waals surface area contributed by atoms with Crippen LogP contribution in [0.2, 0.25) is 5.02 Å². The van der Waals surface area contributed by atoms with Gasteiger partial charge in [0.15, 0.2) is 8.68 Å². The molecule has 0 amide bonds. The van der Waals surface area contributed by atoms with Gasteiger partial charge in [-0.2, -0.15) is 0 Å². The molecule has 0 saturated heterocycles. The minimum absolute atomic E-state index is 0.106. The van der Waals surface area contributed by atoms with Gasteiger partial charge in [-0.3, -0.25) is 0 Å². The van der Waals surface area contributed by atoms with E-state index >= 15 is 0 Å². The predicted molar refractivity (Wildman–Crippen MR) is 84.6 cm³/mol. The van der Waals surface area contributed by atoms with E-state index in [2.05, 4.69) is 16.3 Å². The van der Waals surface area contributed by atoms with Gasteiger partial charge in [-0.05, 0) is 31.2 Å². The fraction of sp³-hybridized carbons (Fsp3) is 0.333. The van der Waals surface area contributed by atoms with E-state index in [1.165, 1.54) is 0 Å². The lowest BCUT2D eigenvalue weighted by molar-refractivity contribution is 0.729. The molecule has 0 aliphatic rings. The highest BCUT2D eigenvalue weighted by atomic mass is 35.5. The van der Waals surface area contributed by atoms with Gasteiger partial charge in [0.25, 0.3) is 0 Å². The number of benzene rings is 1. The van der Waals surface area contributed by atoms with Crippen LogP contribution in [0.15, 0.2) is 31.8 Å². The average Bonchev–Trinajstić information content (AvgIpc) is 2.81. The maximum atomic E-state index is 6.29. The van der Waals surface area contributed by atoms with E-state index in [1.54, 1.807) is 34.9 Å². The Morgan fingerprint density at radius 3 is 2.74 bits per heavy atom. The van der Waals surface area contributed by atoms with E-state index in [0.29, 0.717) is 0 Å². The van der Waals surface area contributed by atoms with Crippen molar-refractivity contribution in [2.45, 2.75) is 33.0 Å². The van der Waals surface area contributed by atoms with Crippen LogP contribution in [0.3, 0.4) is 0 Å². The smallest absolute Gasteiger partial charge is 0.179 e. The molecule has 0 radical (unpaired) electrons. The molecule has 1 atom stereocenters. The monoisotopic (exact) mass is 331 g/mol. The molecule has 0 saturated carbocycles. The lowest BCUT2D eigenvalue weighted by Crippen LogP contribution is -2.18. The Labute approximate surface area is 130 Å². The van der Waals surface area contributed by atoms with E-state index in [1.807, 2.05) is 25.3 Å². The van der Waals surface area contributed by atoms with Crippen LogP contribution in [0, 0.1) is 0 Å². The molecule has 3 nitrogen and oxygen atoms in total. The van der Waals surface area contributed by atoms with Gasteiger partial charge in [0, 0.05) is 10.9 Å². The topological polar surface area (TPSA) is 51.8 Å². The molecule has 102 valence electrons. The third-order valence-corrected chi connectivity index (χ3v) is 5.91. The largest absolute Gasteiger partial charge is 0.328 e. The minimum Gasteiger partial charge on any atom is -0.328 e. The second-order valence-corrected chi connectivity index (χ2v) is 7.75. The van der Waals surface area contributed by atoms with Crippen LogP contribution >= 0.6 is 46.5 Å². The van der Waals surface area contributed by atoms with Crippen LogP contribution in [0.5, 0.6) is 0 Å². The summed E-state index contributed by atoms with van der Waals surface area (Å²) in [6.45, 7) is 1.99. The van der Waals surface area contributed by atoms with Gasteiger partial charge in [0.05, 0.1) is 5.02 Å². The summed E-state index contributed by atoms with van der Waals surface area (Å²) in [7, 11) is 0. The van der Waals surface area contributed by atoms with Crippen LogP contribution in [-0.2, 0) is 6.42 Å². The number of nitrogens with zero attached hydrogens (tertiary/aromatic N) is 2. The summed E-state index contributed by atoms with van der Waals surface area (Å²) in [5.41, 5.74) is 7.04. The summed E-state index contributed by atoms with van der Waals surface area (Å²) >= 11 is 11.0. The Balaban J connectivity index is 2.27. The van der Waals surface area contributed by atoms with Gasteiger partial charge < -0.3 is 5.73 Å². The second kappa shape index (κ2) is 6.95. The number of thioether (sulfide) groups is 1. The van der Waals surface area contributed by atoms with Crippen LogP contribution in [0.25, 0.3) is 0 Å². The van der Waals surface area contributed by atoms with Gasteiger partial charge in [0.2, 0.25) is 0 Å². The van der Waals surface area contributed by atoms with Crippen LogP contribution in [0.1, 0.15) is 12.5 Å². The van der Waals surface area contributed by atoms with Crippen molar-refractivity contribution < 1.29 is 0 Å². The Bertz CT molecular complexity index is 557. The lowest BCUT2D eigenvalue weighted by Gasteiger charge is -2.11. The standard InChI is InChI=1S/C12H14ClN3S3/c1-7(14)6-8-4-3-5-9(13)10(8)18-12-16-15-11(17-2)19-12/h3-5,7H,6,14H2,1-2H3. The summed E-state index contributed by atoms with van der Waals surface area (Å²) in [4.78, 5) is 1.03. The van der Waals surface area contributed by atoms with Gasteiger partial charge >= 0.3 is 0 Å². The van der Waals surface area contributed by atoms with Crippen molar-refractivity contribution in [3.63, 3.8) is 0 Å².